The number of nitrogens with one attached hydrogen (secondary N) is 1. The number of aromatic nitrogens is 2. The number of thioether (sulfide) groups is 1. The maximum absolute atomic E-state index is 12.4. The molecule has 6 nitrogen and oxygen atoms in total. The first-order valence-electron chi connectivity index (χ1n) is 9.32. The number of anilines is 1. The van der Waals surface area contributed by atoms with E-state index in [0.29, 0.717) is 26.3 Å². The van der Waals surface area contributed by atoms with Crippen molar-refractivity contribution in [2.24, 2.45) is 0 Å². The molecule has 1 amide bonds. The summed E-state index contributed by atoms with van der Waals surface area (Å²) >= 11 is 2.54. The molecule has 0 spiro atoms. The molecule has 0 aliphatic carbocycles. The molecule has 0 radical (unpaired) electrons. The van der Waals surface area contributed by atoms with Crippen LogP contribution in [0.2, 0.25) is 0 Å². The molecule has 0 unspecified atom stereocenters. The quantitative estimate of drug-likeness (QED) is 0.313. The predicted octanol–water partition coefficient (Wildman–Crippen LogP) is 5.07. The lowest BCUT2D eigenvalue weighted by Crippen LogP contribution is -2.14. The molecule has 8 heteroatoms. The molecule has 1 N–H and O–H groups in total. The number of hydrogen-bond donors (Lipinski definition) is 1. The number of ketones is 1. The largest absolute Gasteiger partial charge is 0.497 e. The molecule has 0 saturated carbocycles. The van der Waals surface area contributed by atoms with Crippen molar-refractivity contribution in [1.82, 2.24) is 10.2 Å². The summed E-state index contributed by atoms with van der Waals surface area (Å²) in [6.45, 7) is 6.38. The van der Waals surface area contributed by atoms with Crippen molar-refractivity contribution >= 4 is 39.9 Å². The number of Topliss-reactive ketones (excluding diaryl/α,β-unsaturated/α-hetero) is 1. The number of hydrogen-bond acceptors (Lipinski definition) is 7. The van der Waals surface area contributed by atoms with Crippen LogP contribution in [0.5, 0.6) is 5.75 Å². The van der Waals surface area contributed by atoms with E-state index in [2.05, 4.69) is 36.3 Å². The summed E-state index contributed by atoms with van der Waals surface area (Å²) in [5, 5.41) is 11.2. The van der Waals surface area contributed by atoms with Gasteiger partial charge in [-0.1, -0.05) is 56.0 Å². The summed E-state index contributed by atoms with van der Waals surface area (Å²) in [5.74, 6) is 0.694. The van der Waals surface area contributed by atoms with Gasteiger partial charge in [0.15, 0.2) is 10.1 Å². The Kier molecular flexibility index (Phi) is 6.89. The Morgan fingerprint density at radius 2 is 1.63 bits per heavy atom. The molecule has 1 heterocycles. The Morgan fingerprint density at radius 3 is 2.23 bits per heavy atom. The van der Waals surface area contributed by atoms with Crippen molar-refractivity contribution in [2.45, 2.75) is 30.5 Å². The van der Waals surface area contributed by atoms with Gasteiger partial charge in [0.2, 0.25) is 5.13 Å². The second kappa shape index (κ2) is 9.40. The highest BCUT2D eigenvalue weighted by molar-refractivity contribution is 8.01. The van der Waals surface area contributed by atoms with E-state index in [1.54, 1.807) is 43.5 Å². The highest BCUT2D eigenvalue weighted by Gasteiger charge is 2.16. The molecule has 0 aliphatic heterocycles. The lowest BCUT2D eigenvalue weighted by molar-refractivity contribution is 0.101. The van der Waals surface area contributed by atoms with Crippen LogP contribution in [0.3, 0.4) is 0 Å². The van der Waals surface area contributed by atoms with Crippen LogP contribution < -0.4 is 10.1 Å². The topological polar surface area (TPSA) is 81.2 Å². The van der Waals surface area contributed by atoms with Gasteiger partial charge >= 0.3 is 0 Å². The molecule has 30 heavy (non-hydrogen) atoms. The van der Waals surface area contributed by atoms with E-state index < -0.39 is 0 Å². The molecule has 3 aromatic rings. The standard InChI is InChI=1S/C22H23N3O3S2/c1-22(2,3)16-9-5-15(6-10-16)19(27)23-20-24-25-21(30-20)29-13-18(26)14-7-11-17(28-4)12-8-14/h5-12H,13H2,1-4H3,(H,23,24,27). The fraction of sp³-hybridized carbons (Fsp3) is 0.273. The van der Waals surface area contributed by atoms with Gasteiger partial charge in [-0.3, -0.25) is 14.9 Å². The first-order valence-corrected chi connectivity index (χ1v) is 11.1. The van der Waals surface area contributed by atoms with Crippen molar-refractivity contribution in [2.75, 3.05) is 18.2 Å². The average Bonchev–Trinajstić information content (AvgIpc) is 3.18. The normalized spacial score (nSPS) is 11.2. The summed E-state index contributed by atoms with van der Waals surface area (Å²) < 4.78 is 5.72. The lowest BCUT2D eigenvalue weighted by Gasteiger charge is -2.18. The minimum absolute atomic E-state index is 0.0117. The van der Waals surface area contributed by atoms with E-state index >= 15 is 0 Å². The molecule has 3 rings (SSSR count). The third-order valence-electron chi connectivity index (χ3n) is 4.38. The second-order valence-corrected chi connectivity index (χ2v) is 9.79. The van der Waals surface area contributed by atoms with Crippen LogP contribution in [0.25, 0.3) is 0 Å². The number of nitrogens with zero attached hydrogens (tertiary/aromatic N) is 2. The van der Waals surface area contributed by atoms with Gasteiger partial charge in [0.1, 0.15) is 5.75 Å². The highest BCUT2D eigenvalue weighted by Crippen LogP contribution is 2.27. The summed E-state index contributed by atoms with van der Waals surface area (Å²) in [7, 11) is 1.58. The summed E-state index contributed by atoms with van der Waals surface area (Å²) in [6.07, 6.45) is 0. The molecule has 156 valence electrons. The Hall–Kier alpha value is -2.71. The summed E-state index contributed by atoms with van der Waals surface area (Å²) in [6, 6.07) is 14.5. The SMILES string of the molecule is COc1ccc(C(=O)CSc2nnc(NC(=O)c3ccc(C(C)(C)C)cc3)s2)cc1. The van der Waals surface area contributed by atoms with Gasteiger partial charge in [0, 0.05) is 11.1 Å². The van der Waals surface area contributed by atoms with Crippen LogP contribution in [0, 0.1) is 0 Å². The Morgan fingerprint density at radius 1 is 1.00 bits per heavy atom. The van der Waals surface area contributed by atoms with Crippen LogP contribution in [0.15, 0.2) is 52.9 Å². The van der Waals surface area contributed by atoms with E-state index in [9.17, 15) is 9.59 Å². The monoisotopic (exact) mass is 441 g/mol. The number of carbonyl (C=O) groups excluding carboxylic acids is 2. The van der Waals surface area contributed by atoms with Crippen molar-refractivity contribution < 1.29 is 14.3 Å². The van der Waals surface area contributed by atoms with Gasteiger partial charge in [-0.05, 0) is 47.4 Å². The average molecular weight is 442 g/mol. The van der Waals surface area contributed by atoms with Crippen molar-refractivity contribution in [3.05, 3.63) is 65.2 Å². The van der Waals surface area contributed by atoms with E-state index in [4.69, 9.17) is 4.74 Å². The van der Waals surface area contributed by atoms with E-state index in [-0.39, 0.29) is 22.9 Å². The first kappa shape index (κ1) is 22.0. The molecule has 0 bridgehead atoms. The van der Waals surface area contributed by atoms with Gasteiger partial charge in [0.05, 0.1) is 12.9 Å². The number of amides is 1. The molecule has 0 atom stereocenters. The third kappa shape index (κ3) is 5.67. The van der Waals surface area contributed by atoms with Crippen molar-refractivity contribution in [3.8, 4) is 5.75 Å². The van der Waals surface area contributed by atoms with Gasteiger partial charge in [-0.2, -0.15) is 0 Å². The van der Waals surface area contributed by atoms with Gasteiger partial charge in [-0.15, -0.1) is 10.2 Å². The number of rotatable bonds is 7. The third-order valence-corrected chi connectivity index (χ3v) is 6.35. The van der Waals surface area contributed by atoms with Crippen molar-refractivity contribution in [3.63, 3.8) is 0 Å². The molecule has 1 aromatic heterocycles. The first-order chi connectivity index (χ1) is 14.3. The summed E-state index contributed by atoms with van der Waals surface area (Å²) in [4.78, 5) is 24.8. The van der Waals surface area contributed by atoms with Gasteiger partial charge in [-0.25, -0.2) is 0 Å². The summed E-state index contributed by atoms with van der Waals surface area (Å²) in [5.41, 5.74) is 2.36. The zero-order valence-electron chi connectivity index (χ0n) is 17.3. The Labute approximate surface area is 184 Å². The molecule has 2 aromatic carbocycles. The number of benzene rings is 2. The van der Waals surface area contributed by atoms with Crippen LogP contribution in [0.1, 0.15) is 47.1 Å². The molecule has 0 saturated heterocycles. The van der Waals surface area contributed by atoms with E-state index in [1.165, 1.54) is 23.1 Å². The highest BCUT2D eigenvalue weighted by atomic mass is 32.2. The zero-order chi connectivity index (χ0) is 21.7. The van der Waals surface area contributed by atoms with Gasteiger partial charge in [0.25, 0.3) is 5.91 Å². The van der Waals surface area contributed by atoms with Crippen LogP contribution in [-0.4, -0.2) is 34.8 Å². The van der Waals surface area contributed by atoms with Crippen LogP contribution in [0.4, 0.5) is 5.13 Å². The fourth-order valence-corrected chi connectivity index (χ4v) is 4.24. The lowest BCUT2D eigenvalue weighted by atomic mass is 9.87. The Bertz CT molecular complexity index is 1020. The maximum atomic E-state index is 12.4. The number of carbonyl (C=O) groups is 2. The molecular weight excluding hydrogens is 418 g/mol. The molecule has 0 aliphatic rings. The van der Waals surface area contributed by atoms with Gasteiger partial charge < -0.3 is 4.74 Å². The fourth-order valence-electron chi connectivity index (χ4n) is 2.60. The molecular formula is C22H23N3O3S2. The number of ether oxygens (including phenoxy) is 1. The predicted molar refractivity (Wildman–Crippen MR) is 121 cm³/mol. The second-order valence-electron chi connectivity index (χ2n) is 7.59. The van der Waals surface area contributed by atoms with Crippen LogP contribution in [-0.2, 0) is 5.41 Å². The van der Waals surface area contributed by atoms with Crippen LogP contribution >= 0.6 is 23.1 Å². The smallest absolute Gasteiger partial charge is 0.257 e. The maximum Gasteiger partial charge on any atom is 0.257 e. The minimum Gasteiger partial charge on any atom is -0.497 e. The van der Waals surface area contributed by atoms with E-state index in [0.717, 1.165) is 5.56 Å². The molecule has 0 fully saturated rings. The zero-order valence-corrected chi connectivity index (χ0v) is 18.9. The number of methoxy groups -OCH3 is 1. The Balaban J connectivity index is 1.55. The van der Waals surface area contributed by atoms with Crippen molar-refractivity contribution in [1.29, 1.82) is 0 Å². The minimum atomic E-state index is -0.238. The van der Waals surface area contributed by atoms with E-state index in [1.807, 2.05) is 12.1 Å².